The summed E-state index contributed by atoms with van der Waals surface area (Å²) in [5.41, 5.74) is 1.01. The van der Waals surface area contributed by atoms with Crippen molar-refractivity contribution in [3.63, 3.8) is 0 Å². The molecule has 1 rings (SSSR count). The van der Waals surface area contributed by atoms with Gasteiger partial charge >= 0.3 is 0 Å². The van der Waals surface area contributed by atoms with Crippen molar-refractivity contribution in [3.8, 4) is 0 Å². The average molecular weight is 215 g/mol. The van der Waals surface area contributed by atoms with Gasteiger partial charge in [-0.05, 0) is 27.6 Å². The molecule has 0 aromatic heterocycles. The molecule has 0 spiro atoms. The second-order valence-corrected chi connectivity index (χ2v) is 2.98. The minimum Gasteiger partial charge on any atom is -0.230 e. The highest BCUT2D eigenvalue weighted by Crippen LogP contribution is 2.06. The highest BCUT2D eigenvalue weighted by atomic mass is 79.9. The van der Waals surface area contributed by atoms with E-state index in [2.05, 4.69) is 15.9 Å². The van der Waals surface area contributed by atoms with Crippen molar-refractivity contribution >= 4 is 22.0 Å². The Bertz CT molecular complexity index is 229. The van der Waals surface area contributed by atoms with Gasteiger partial charge in [0.2, 0.25) is 0 Å². The third-order valence-electron chi connectivity index (χ3n) is 1.23. The van der Waals surface area contributed by atoms with E-state index in [1.165, 1.54) is 6.08 Å². The van der Waals surface area contributed by atoms with E-state index in [4.69, 9.17) is 0 Å². The molecule has 0 aliphatic heterocycles. The van der Waals surface area contributed by atoms with Gasteiger partial charge in [-0.3, -0.25) is 0 Å². The van der Waals surface area contributed by atoms with Crippen molar-refractivity contribution < 1.29 is 4.39 Å². The SMILES string of the molecule is FC(Br)C=Cc1ccccc1. The monoisotopic (exact) mass is 214 g/mol. The number of benzene rings is 1. The van der Waals surface area contributed by atoms with E-state index >= 15 is 0 Å². The van der Waals surface area contributed by atoms with Crippen LogP contribution in [0.25, 0.3) is 6.08 Å². The molecule has 0 saturated carbocycles. The van der Waals surface area contributed by atoms with Gasteiger partial charge in [-0.25, -0.2) is 4.39 Å². The largest absolute Gasteiger partial charge is 0.230 e. The highest BCUT2D eigenvalue weighted by molar-refractivity contribution is 9.09. The van der Waals surface area contributed by atoms with Crippen LogP contribution in [0, 0.1) is 0 Å². The van der Waals surface area contributed by atoms with Gasteiger partial charge in [0, 0.05) is 0 Å². The molecule has 2 heteroatoms. The van der Waals surface area contributed by atoms with Gasteiger partial charge in [-0.2, -0.15) is 0 Å². The Morgan fingerprint density at radius 2 is 1.91 bits per heavy atom. The van der Waals surface area contributed by atoms with Gasteiger partial charge in [0.05, 0.1) is 0 Å². The van der Waals surface area contributed by atoms with Gasteiger partial charge in [0.15, 0.2) is 5.08 Å². The molecule has 1 aromatic carbocycles. The first-order valence-corrected chi connectivity index (χ1v) is 4.22. The maximum Gasteiger partial charge on any atom is 0.173 e. The predicted molar refractivity (Wildman–Crippen MR) is 49.3 cm³/mol. The fraction of sp³-hybridized carbons (Fsp3) is 0.111. The molecule has 1 atom stereocenters. The van der Waals surface area contributed by atoms with Crippen LogP contribution >= 0.6 is 15.9 Å². The molecule has 0 amide bonds. The smallest absolute Gasteiger partial charge is 0.173 e. The third kappa shape index (κ3) is 3.33. The van der Waals surface area contributed by atoms with Crippen molar-refractivity contribution in [3.05, 3.63) is 42.0 Å². The van der Waals surface area contributed by atoms with E-state index in [-0.39, 0.29) is 0 Å². The lowest BCUT2D eigenvalue weighted by molar-refractivity contribution is 0.530. The Hall–Kier alpha value is -0.630. The van der Waals surface area contributed by atoms with Gasteiger partial charge in [-0.15, -0.1) is 0 Å². The van der Waals surface area contributed by atoms with E-state index < -0.39 is 5.08 Å². The lowest BCUT2D eigenvalue weighted by Gasteiger charge is -1.90. The minimum atomic E-state index is -1.05. The predicted octanol–water partition coefficient (Wildman–Crippen LogP) is 3.39. The van der Waals surface area contributed by atoms with Crippen LogP contribution in [0.4, 0.5) is 4.39 Å². The van der Waals surface area contributed by atoms with Gasteiger partial charge < -0.3 is 0 Å². The molecule has 11 heavy (non-hydrogen) atoms. The van der Waals surface area contributed by atoms with Crippen LogP contribution in [0.5, 0.6) is 0 Å². The first-order chi connectivity index (χ1) is 5.29. The first-order valence-electron chi connectivity index (χ1n) is 3.30. The topological polar surface area (TPSA) is 0 Å². The number of rotatable bonds is 2. The van der Waals surface area contributed by atoms with Crippen LogP contribution < -0.4 is 0 Å². The summed E-state index contributed by atoms with van der Waals surface area (Å²) in [6.45, 7) is 0. The molecule has 0 bridgehead atoms. The average Bonchev–Trinajstić information content (AvgIpc) is 2.03. The van der Waals surface area contributed by atoms with Crippen LogP contribution in [0.2, 0.25) is 0 Å². The Balaban J connectivity index is 2.65. The molecule has 0 nitrogen and oxygen atoms in total. The molecule has 0 aliphatic carbocycles. The van der Waals surface area contributed by atoms with E-state index in [1.54, 1.807) is 6.08 Å². The lowest BCUT2D eigenvalue weighted by Crippen LogP contribution is -1.76. The quantitative estimate of drug-likeness (QED) is 0.663. The molecule has 0 heterocycles. The zero-order valence-electron chi connectivity index (χ0n) is 5.87. The Morgan fingerprint density at radius 3 is 2.45 bits per heavy atom. The van der Waals surface area contributed by atoms with Crippen LogP contribution in [-0.4, -0.2) is 5.08 Å². The zero-order valence-corrected chi connectivity index (χ0v) is 7.46. The summed E-state index contributed by atoms with van der Waals surface area (Å²) in [5.74, 6) is 0. The molecule has 0 saturated heterocycles. The van der Waals surface area contributed by atoms with Gasteiger partial charge in [0.1, 0.15) is 0 Å². The minimum absolute atomic E-state index is 1.01. The number of hydrogen-bond acceptors (Lipinski definition) is 0. The second-order valence-electron chi connectivity index (χ2n) is 2.10. The maximum absolute atomic E-state index is 12.2. The summed E-state index contributed by atoms with van der Waals surface area (Å²) in [4.78, 5) is 0. The Morgan fingerprint density at radius 1 is 1.27 bits per heavy atom. The molecule has 0 N–H and O–H groups in total. The van der Waals surface area contributed by atoms with E-state index in [0.29, 0.717) is 0 Å². The van der Waals surface area contributed by atoms with E-state index in [0.717, 1.165) is 5.56 Å². The fourth-order valence-corrected chi connectivity index (χ4v) is 0.901. The molecule has 1 aromatic rings. The van der Waals surface area contributed by atoms with Crippen molar-refractivity contribution in [2.45, 2.75) is 5.08 Å². The van der Waals surface area contributed by atoms with E-state index in [1.807, 2.05) is 30.3 Å². The van der Waals surface area contributed by atoms with Crippen molar-refractivity contribution in [2.75, 3.05) is 0 Å². The van der Waals surface area contributed by atoms with Crippen LogP contribution in [0.15, 0.2) is 36.4 Å². The molecule has 0 radical (unpaired) electrons. The van der Waals surface area contributed by atoms with Crippen molar-refractivity contribution in [1.82, 2.24) is 0 Å². The summed E-state index contributed by atoms with van der Waals surface area (Å²) in [6, 6.07) is 9.61. The summed E-state index contributed by atoms with van der Waals surface area (Å²) in [5, 5.41) is -1.05. The fourth-order valence-electron chi connectivity index (χ4n) is 0.748. The number of allylic oxidation sites excluding steroid dienone is 1. The van der Waals surface area contributed by atoms with Crippen LogP contribution in [0.3, 0.4) is 0 Å². The summed E-state index contributed by atoms with van der Waals surface area (Å²) in [6.07, 6.45) is 3.19. The Labute approximate surface area is 73.9 Å². The molecular formula is C9H8BrF. The van der Waals surface area contributed by atoms with Crippen LogP contribution in [0.1, 0.15) is 5.56 Å². The zero-order chi connectivity index (χ0) is 8.10. The standard InChI is InChI=1S/C9H8BrF/c10-9(11)7-6-8-4-2-1-3-5-8/h1-7,9H. The normalized spacial score (nSPS) is 13.6. The van der Waals surface area contributed by atoms with Gasteiger partial charge in [-0.1, -0.05) is 36.4 Å². The Kier molecular flexibility index (Phi) is 3.30. The van der Waals surface area contributed by atoms with Crippen LogP contribution in [-0.2, 0) is 0 Å². The molecule has 0 fully saturated rings. The summed E-state index contributed by atoms with van der Waals surface area (Å²) < 4.78 is 12.2. The third-order valence-corrected chi connectivity index (χ3v) is 1.54. The van der Waals surface area contributed by atoms with E-state index in [9.17, 15) is 4.39 Å². The van der Waals surface area contributed by atoms with Crippen molar-refractivity contribution in [1.29, 1.82) is 0 Å². The highest BCUT2D eigenvalue weighted by Gasteiger charge is 1.89. The maximum atomic E-state index is 12.2. The van der Waals surface area contributed by atoms with Crippen molar-refractivity contribution in [2.24, 2.45) is 0 Å². The lowest BCUT2D eigenvalue weighted by atomic mass is 10.2. The number of hydrogen-bond donors (Lipinski definition) is 0. The molecule has 58 valence electrons. The summed E-state index contributed by atoms with van der Waals surface area (Å²) >= 11 is 2.78. The molecule has 1 unspecified atom stereocenters. The first kappa shape index (κ1) is 8.47. The molecular weight excluding hydrogens is 207 g/mol. The van der Waals surface area contributed by atoms with Gasteiger partial charge in [0.25, 0.3) is 0 Å². The second kappa shape index (κ2) is 4.29. The summed E-state index contributed by atoms with van der Waals surface area (Å²) in [7, 11) is 0. The molecule has 0 aliphatic rings. The number of alkyl halides is 2. The number of halogens is 2.